The van der Waals surface area contributed by atoms with Crippen molar-refractivity contribution in [1.29, 1.82) is 0 Å². The van der Waals surface area contributed by atoms with Crippen molar-refractivity contribution in [1.82, 2.24) is 0 Å². The standard InChI is InChI=1S/C16H18O10S/c1-6(17)21-4-9-11(23-7(2)18)12(24-8(3)19)14-16(25-9)26-10-5-22-15(20)13(10)27-14/h9,11-12,14,16H,4-5H2,1-3H3/t9-,11-,12+,14-,16-/m1/s1. The van der Waals surface area contributed by atoms with Gasteiger partial charge in [0, 0.05) is 20.8 Å². The second-order valence-electron chi connectivity index (χ2n) is 6.02. The molecule has 0 spiro atoms. The zero-order valence-corrected chi connectivity index (χ0v) is 15.6. The van der Waals surface area contributed by atoms with Crippen molar-refractivity contribution >= 4 is 35.6 Å². The lowest BCUT2D eigenvalue weighted by Crippen LogP contribution is -2.61. The molecule has 148 valence electrons. The molecule has 0 unspecified atom stereocenters. The van der Waals surface area contributed by atoms with E-state index in [0.717, 1.165) is 11.8 Å². The van der Waals surface area contributed by atoms with Crippen molar-refractivity contribution in [3.63, 3.8) is 0 Å². The van der Waals surface area contributed by atoms with Gasteiger partial charge in [0.2, 0.25) is 6.29 Å². The molecule has 3 heterocycles. The van der Waals surface area contributed by atoms with Gasteiger partial charge in [-0.3, -0.25) is 14.4 Å². The molecule has 1 fully saturated rings. The molecule has 0 aromatic rings. The molecule has 0 aromatic heterocycles. The molecular formula is C16H18O10S. The number of cyclic esters (lactones) is 1. The van der Waals surface area contributed by atoms with Crippen LogP contribution in [-0.4, -0.2) is 66.9 Å². The maximum Gasteiger partial charge on any atom is 0.348 e. The third kappa shape index (κ3) is 4.19. The van der Waals surface area contributed by atoms with Gasteiger partial charge in [0.25, 0.3) is 0 Å². The van der Waals surface area contributed by atoms with E-state index in [4.69, 9.17) is 28.4 Å². The Morgan fingerprint density at radius 1 is 1.07 bits per heavy atom. The first-order valence-corrected chi connectivity index (χ1v) is 9.01. The van der Waals surface area contributed by atoms with Crippen molar-refractivity contribution < 1.29 is 47.6 Å². The van der Waals surface area contributed by atoms with Crippen LogP contribution in [0.15, 0.2) is 10.7 Å². The van der Waals surface area contributed by atoms with Crippen LogP contribution in [0.1, 0.15) is 20.8 Å². The van der Waals surface area contributed by atoms with Gasteiger partial charge < -0.3 is 28.4 Å². The summed E-state index contributed by atoms with van der Waals surface area (Å²) in [5.74, 6) is -2.01. The first kappa shape index (κ1) is 19.5. The van der Waals surface area contributed by atoms with Crippen LogP contribution >= 0.6 is 11.8 Å². The second-order valence-corrected chi connectivity index (χ2v) is 7.21. The molecule has 0 aliphatic carbocycles. The molecule has 0 saturated carbocycles. The van der Waals surface area contributed by atoms with E-state index >= 15 is 0 Å². The van der Waals surface area contributed by atoms with Gasteiger partial charge in [-0.15, -0.1) is 11.8 Å². The Bertz CT molecular complexity index is 701. The highest BCUT2D eigenvalue weighted by molar-refractivity contribution is 8.04. The van der Waals surface area contributed by atoms with E-state index in [9.17, 15) is 19.2 Å². The number of hydrogen-bond donors (Lipinski definition) is 0. The highest BCUT2D eigenvalue weighted by Crippen LogP contribution is 2.45. The molecule has 3 rings (SSSR count). The van der Waals surface area contributed by atoms with Crippen molar-refractivity contribution in [2.75, 3.05) is 13.2 Å². The molecule has 3 aliphatic heterocycles. The van der Waals surface area contributed by atoms with E-state index < -0.39 is 53.7 Å². The van der Waals surface area contributed by atoms with Crippen LogP contribution in [0.5, 0.6) is 0 Å². The molecule has 27 heavy (non-hydrogen) atoms. The van der Waals surface area contributed by atoms with Gasteiger partial charge in [0.05, 0.1) is 0 Å². The zero-order valence-electron chi connectivity index (χ0n) is 14.8. The Morgan fingerprint density at radius 3 is 2.37 bits per heavy atom. The molecule has 0 N–H and O–H groups in total. The second kappa shape index (κ2) is 7.77. The summed E-state index contributed by atoms with van der Waals surface area (Å²) in [5, 5.41) is -0.684. The minimum atomic E-state index is -1.05. The number of carbonyl (C=O) groups is 4. The van der Waals surface area contributed by atoms with Gasteiger partial charge in [-0.2, -0.15) is 0 Å². The van der Waals surface area contributed by atoms with Crippen LogP contribution in [-0.2, 0) is 47.6 Å². The molecule has 0 radical (unpaired) electrons. The van der Waals surface area contributed by atoms with Crippen molar-refractivity contribution in [3.8, 4) is 0 Å². The summed E-state index contributed by atoms with van der Waals surface area (Å²) < 4.78 is 32.1. The minimum absolute atomic E-state index is 0.0199. The summed E-state index contributed by atoms with van der Waals surface area (Å²) in [6, 6.07) is 0. The van der Waals surface area contributed by atoms with Gasteiger partial charge in [0.15, 0.2) is 24.6 Å². The molecule has 0 bridgehead atoms. The first-order valence-electron chi connectivity index (χ1n) is 8.13. The predicted molar refractivity (Wildman–Crippen MR) is 86.9 cm³/mol. The lowest BCUT2D eigenvalue weighted by Gasteiger charge is -2.45. The van der Waals surface area contributed by atoms with Crippen molar-refractivity contribution in [2.24, 2.45) is 0 Å². The van der Waals surface area contributed by atoms with E-state index in [1.807, 2.05) is 0 Å². The Labute approximate surface area is 158 Å². The maximum atomic E-state index is 11.8. The molecule has 5 atom stereocenters. The normalized spacial score (nSPS) is 31.8. The van der Waals surface area contributed by atoms with E-state index in [2.05, 4.69) is 0 Å². The van der Waals surface area contributed by atoms with E-state index in [-0.39, 0.29) is 18.1 Å². The summed E-state index contributed by atoms with van der Waals surface area (Å²) in [7, 11) is 0. The van der Waals surface area contributed by atoms with E-state index in [1.54, 1.807) is 0 Å². The Balaban J connectivity index is 1.91. The first-order chi connectivity index (χ1) is 12.8. The molecule has 0 aromatic carbocycles. The average Bonchev–Trinajstić information content (AvgIpc) is 2.93. The fourth-order valence-electron chi connectivity index (χ4n) is 2.95. The van der Waals surface area contributed by atoms with Crippen LogP contribution in [0.25, 0.3) is 0 Å². The Kier molecular flexibility index (Phi) is 5.61. The molecule has 10 nitrogen and oxygen atoms in total. The van der Waals surface area contributed by atoms with Crippen LogP contribution in [0.3, 0.4) is 0 Å². The number of ether oxygens (including phenoxy) is 6. The van der Waals surface area contributed by atoms with Gasteiger partial charge >= 0.3 is 23.9 Å². The summed E-state index contributed by atoms with van der Waals surface area (Å²) >= 11 is 1.08. The lowest BCUT2D eigenvalue weighted by atomic mass is 10.0. The average molecular weight is 402 g/mol. The summed E-state index contributed by atoms with van der Waals surface area (Å²) in [5.41, 5.74) is 0. The number of fused-ring (bicyclic) bond motifs is 1. The van der Waals surface area contributed by atoms with Gasteiger partial charge in [-0.1, -0.05) is 0 Å². The Hall–Kier alpha value is -2.27. The smallest absolute Gasteiger partial charge is 0.348 e. The number of thioether (sulfide) groups is 1. The number of esters is 4. The summed E-state index contributed by atoms with van der Waals surface area (Å²) in [4.78, 5) is 46.5. The van der Waals surface area contributed by atoms with Crippen LogP contribution < -0.4 is 0 Å². The van der Waals surface area contributed by atoms with Crippen LogP contribution in [0.2, 0.25) is 0 Å². The monoisotopic (exact) mass is 402 g/mol. The van der Waals surface area contributed by atoms with E-state index in [0.29, 0.717) is 5.76 Å². The Morgan fingerprint density at radius 2 is 1.74 bits per heavy atom. The van der Waals surface area contributed by atoms with E-state index in [1.165, 1.54) is 20.8 Å². The molecule has 0 amide bonds. The van der Waals surface area contributed by atoms with Gasteiger partial charge in [0.1, 0.15) is 22.9 Å². The highest BCUT2D eigenvalue weighted by atomic mass is 32.2. The molecule has 3 aliphatic rings. The number of carbonyl (C=O) groups excluding carboxylic acids is 4. The topological polar surface area (TPSA) is 124 Å². The number of rotatable bonds is 4. The fraction of sp³-hybridized carbons (Fsp3) is 0.625. The highest BCUT2D eigenvalue weighted by Gasteiger charge is 2.55. The third-order valence-electron chi connectivity index (χ3n) is 3.93. The lowest BCUT2D eigenvalue weighted by molar-refractivity contribution is -0.255. The number of hydrogen-bond acceptors (Lipinski definition) is 11. The van der Waals surface area contributed by atoms with Gasteiger partial charge in [-0.05, 0) is 0 Å². The molecule has 11 heteroatoms. The fourth-order valence-corrected chi connectivity index (χ4v) is 4.19. The summed E-state index contributed by atoms with van der Waals surface area (Å²) in [6.07, 6.45) is -3.88. The zero-order chi connectivity index (χ0) is 19.7. The third-order valence-corrected chi connectivity index (χ3v) is 5.32. The largest absolute Gasteiger partial charge is 0.463 e. The maximum absolute atomic E-state index is 11.8. The SMILES string of the molecule is CC(=O)OC[C@H]1O[C@@H]2OC3=C(S[C@@H]2[C@@H](OC(C)=O)[C@@H]1OC(C)=O)C(=O)OC3. The summed E-state index contributed by atoms with van der Waals surface area (Å²) in [6.45, 7) is 3.37. The van der Waals surface area contributed by atoms with Crippen molar-refractivity contribution in [3.05, 3.63) is 10.7 Å². The van der Waals surface area contributed by atoms with Crippen LogP contribution in [0, 0.1) is 0 Å². The van der Waals surface area contributed by atoms with Gasteiger partial charge in [-0.25, -0.2) is 4.79 Å². The predicted octanol–water partition coefficient (Wildman–Crippen LogP) is 0.0382. The van der Waals surface area contributed by atoms with Crippen LogP contribution in [0.4, 0.5) is 0 Å². The molecular weight excluding hydrogens is 384 g/mol. The minimum Gasteiger partial charge on any atom is -0.463 e. The van der Waals surface area contributed by atoms with Crippen molar-refractivity contribution in [2.45, 2.75) is 50.6 Å². The quantitative estimate of drug-likeness (QED) is 0.467. The molecule has 1 saturated heterocycles.